The lowest BCUT2D eigenvalue weighted by molar-refractivity contribution is -0.132. The molecule has 1 aromatic rings. The zero-order valence-electron chi connectivity index (χ0n) is 12.7. The Bertz CT molecular complexity index is 472. The molecule has 0 aliphatic carbocycles. The Hall–Kier alpha value is -1.34. The van der Waals surface area contributed by atoms with Crippen molar-refractivity contribution in [3.63, 3.8) is 0 Å². The van der Waals surface area contributed by atoms with Gasteiger partial charge in [0.15, 0.2) is 0 Å². The number of aromatic nitrogens is 2. The summed E-state index contributed by atoms with van der Waals surface area (Å²) in [6, 6.07) is 4.53. The first-order valence-corrected chi connectivity index (χ1v) is 9.10. The first-order chi connectivity index (χ1) is 10.8. The number of carbonyl (C=O) groups excluding carboxylic acids is 1. The van der Waals surface area contributed by atoms with Crippen LogP contribution in [0.5, 0.6) is 0 Å². The first kappa shape index (κ1) is 15.6. The second-order valence-corrected chi connectivity index (χ2v) is 6.99. The van der Waals surface area contributed by atoms with E-state index >= 15 is 0 Å². The first-order valence-electron chi connectivity index (χ1n) is 7.94. The SMILES string of the molecule is O=C(CC1CSCCN1)N1CCC(Nc2cccnn2)CC1. The number of anilines is 1. The molecule has 2 aliphatic heterocycles. The molecular weight excluding hydrogens is 298 g/mol. The number of carbonyl (C=O) groups is 1. The van der Waals surface area contributed by atoms with Gasteiger partial charge in [-0.25, -0.2) is 0 Å². The van der Waals surface area contributed by atoms with Gasteiger partial charge in [-0.3, -0.25) is 4.79 Å². The molecule has 120 valence electrons. The molecule has 0 aromatic carbocycles. The van der Waals surface area contributed by atoms with Crippen LogP contribution in [0.1, 0.15) is 19.3 Å². The Balaban J connectivity index is 1.42. The van der Waals surface area contributed by atoms with Gasteiger partial charge in [0.1, 0.15) is 5.82 Å². The fourth-order valence-corrected chi connectivity index (χ4v) is 3.90. The Labute approximate surface area is 135 Å². The third-order valence-electron chi connectivity index (χ3n) is 4.19. The van der Waals surface area contributed by atoms with Gasteiger partial charge in [-0.05, 0) is 25.0 Å². The molecule has 3 rings (SSSR count). The smallest absolute Gasteiger partial charge is 0.224 e. The lowest BCUT2D eigenvalue weighted by atomic mass is 10.0. The highest BCUT2D eigenvalue weighted by Crippen LogP contribution is 2.17. The number of piperidine rings is 1. The maximum Gasteiger partial charge on any atom is 0.224 e. The highest BCUT2D eigenvalue weighted by molar-refractivity contribution is 7.99. The molecule has 22 heavy (non-hydrogen) atoms. The summed E-state index contributed by atoms with van der Waals surface area (Å²) in [5.41, 5.74) is 0. The Morgan fingerprint density at radius 1 is 1.45 bits per heavy atom. The van der Waals surface area contributed by atoms with E-state index in [4.69, 9.17) is 0 Å². The van der Waals surface area contributed by atoms with Crippen molar-refractivity contribution in [2.75, 3.05) is 36.5 Å². The quantitative estimate of drug-likeness (QED) is 0.861. The predicted octanol–water partition coefficient (Wildman–Crippen LogP) is 0.975. The van der Waals surface area contributed by atoms with E-state index < -0.39 is 0 Å². The molecule has 1 atom stereocenters. The van der Waals surface area contributed by atoms with Crippen molar-refractivity contribution < 1.29 is 4.79 Å². The van der Waals surface area contributed by atoms with Crippen LogP contribution in [0, 0.1) is 0 Å². The minimum Gasteiger partial charge on any atom is -0.366 e. The third-order valence-corrected chi connectivity index (χ3v) is 5.32. The summed E-state index contributed by atoms with van der Waals surface area (Å²) in [6.07, 6.45) is 4.24. The average Bonchev–Trinajstić information content (AvgIpc) is 2.57. The van der Waals surface area contributed by atoms with E-state index in [0.717, 1.165) is 49.8 Å². The molecule has 3 heterocycles. The van der Waals surface area contributed by atoms with Crippen molar-refractivity contribution in [1.29, 1.82) is 0 Å². The van der Waals surface area contributed by atoms with Crippen LogP contribution in [-0.2, 0) is 4.79 Å². The second-order valence-electron chi connectivity index (χ2n) is 5.84. The molecule has 6 nitrogen and oxygen atoms in total. The Morgan fingerprint density at radius 2 is 2.32 bits per heavy atom. The molecule has 0 spiro atoms. The number of nitrogens with zero attached hydrogens (tertiary/aromatic N) is 3. The second kappa shape index (κ2) is 7.78. The van der Waals surface area contributed by atoms with Crippen molar-refractivity contribution in [1.82, 2.24) is 20.4 Å². The summed E-state index contributed by atoms with van der Waals surface area (Å²) in [4.78, 5) is 14.4. The molecule has 2 fully saturated rings. The van der Waals surface area contributed by atoms with Crippen LogP contribution in [-0.4, -0.2) is 64.2 Å². The summed E-state index contributed by atoms with van der Waals surface area (Å²) >= 11 is 1.94. The van der Waals surface area contributed by atoms with Crippen LogP contribution in [0.15, 0.2) is 18.3 Å². The largest absolute Gasteiger partial charge is 0.366 e. The summed E-state index contributed by atoms with van der Waals surface area (Å²) in [6.45, 7) is 2.68. The normalized spacial score (nSPS) is 23.3. The zero-order valence-corrected chi connectivity index (χ0v) is 13.5. The fraction of sp³-hybridized carbons (Fsp3) is 0.667. The molecule has 1 unspecified atom stereocenters. The van der Waals surface area contributed by atoms with Gasteiger partial charge < -0.3 is 15.5 Å². The fourth-order valence-electron chi connectivity index (χ4n) is 2.95. The number of hydrogen-bond donors (Lipinski definition) is 2. The van der Waals surface area contributed by atoms with Crippen LogP contribution in [0.25, 0.3) is 0 Å². The predicted molar refractivity (Wildman–Crippen MR) is 89.0 cm³/mol. The topological polar surface area (TPSA) is 70.2 Å². The lowest BCUT2D eigenvalue weighted by Crippen LogP contribution is -2.46. The van der Waals surface area contributed by atoms with Crippen LogP contribution < -0.4 is 10.6 Å². The highest BCUT2D eigenvalue weighted by atomic mass is 32.2. The Kier molecular flexibility index (Phi) is 5.50. The lowest BCUT2D eigenvalue weighted by Gasteiger charge is -2.34. The molecule has 2 N–H and O–H groups in total. The maximum atomic E-state index is 12.4. The molecule has 0 bridgehead atoms. The number of rotatable bonds is 4. The van der Waals surface area contributed by atoms with Gasteiger partial charge in [-0.2, -0.15) is 16.9 Å². The summed E-state index contributed by atoms with van der Waals surface area (Å²) in [7, 11) is 0. The van der Waals surface area contributed by atoms with Crippen LogP contribution in [0.3, 0.4) is 0 Å². The van der Waals surface area contributed by atoms with E-state index in [1.165, 1.54) is 0 Å². The molecule has 1 aromatic heterocycles. The molecule has 0 saturated carbocycles. The van der Waals surface area contributed by atoms with E-state index in [0.29, 0.717) is 18.5 Å². The maximum absolute atomic E-state index is 12.4. The van der Waals surface area contributed by atoms with E-state index in [1.54, 1.807) is 6.20 Å². The van der Waals surface area contributed by atoms with E-state index in [-0.39, 0.29) is 5.91 Å². The molecular formula is C15H23N5OS. The summed E-state index contributed by atoms with van der Waals surface area (Å²) in [5.74, 6) is 3.31. The third kappa shape index (κ3) is 4.33. The molecule has 1 amide bonds. The number of nitrogens with one attached hydrogen (secondary N) is 2. The minimum absolute atomic E-state index is 0.290. The van der Waals surface area contributed by atoms with Crippen molar-refractivity contribution in [2.45, 2.75) is 31.3 Å². The van der Waals surface area contributed by atoms with Crippen LogP contribution >= 0.6 is 11.8 Å². The minimum atomic E-state index is 0.290. The van der Waals surface area contributed by atoms with Crippen molar-refractivity contribution >= 4 is 23.5 Å². The van der Waals surface area contributed by atoms with Crippen molar-refractivity contribution in [3.05, 3.63) is 18.3 Å². The van der Waals surface area contributed by atoms with E-state index in [2.05, 4.69) is 20.8 Å². The van der Waals surface area contributed by atoms with Crippen LogP contribution in [0.2, 0.25) is 0 Å². The van der Waals surface area contributed by atoms with E-state index in [9.17, 15) is 4.79 Å². The highest BCUT2D eigenvalue weighted by Gasteiger charge is 2.25. The van der Waals surface area contributed by atoms with Gasteiger partial charge in [0.25, 0.3) is 0 Å². The number of hydrogen-bond acceptors (Lipinski definition) is 6. The van der Waals surface area contributed by atoms with Gasteiger partial charge >= 0.3 is 0 Å². The van der Waals surface area contributed by atoms with E-state index in [1.807, 2.05) is 28.8 Å². The van der Waals surface area contributed by atoms with Crippen LogP contribution in [0.4, 0.5) is 5.82 Å². The van der Waals surface area contributed by atoms with Gasteiger partial charge in [-0.15, -0.1) is 5.10 Å². The van der Waals surface area contributed by atoms with Gasteiger partial charge in [-0.1, -0.05) is 0 Å². The zero-order chi connectivity index (χ0) is 15.2. The van der Waals surface area contributed by atoms with Crippen molar-refractivity contribution in [2.24, 2.45) is 0 Å². The number of likely N-dealkylation sites (tertiary alicyclic amines) is 1. The number of amides is 1. The monoisotopic (exact) mass is 321 g/mol. The van der Waals surface area contributed by atoms with Gasteiger partial charge in [0.05, 0.1) is 0 Å². The average molecular weight is 321 g/mol. The molecule has 2 aliphatic rings. The number of thioether (sulfide) groups is 1. The Morgan fingerprint density at radius 3 is 3.00 bits per heavy atom. The van der Waals surface area contributed by atoms with Crippen molar-refractivity contribution in [3.8, 4) is 0 Å². The molecule has 0 radical (unpaired) electrons. The molecule has 2 saturated heterocycles. The summed E-state index contributed by atoms with van der Waals surface area (Å²) < 4.78 is 0. The van der Waals surface area contributed by atoms with Gasteiger partial charge in [0.2, 0.25) is 5.91 Å². The standard InChI is InChI=1S/C15H23N5OS/c21-15(10-13-11-22-9-6-16-13)20-7-3-12(4-8-20)18-14-2-1-5-17-19-14/h1-2,5,12-13,16H,3-4,6-11H2,(H,18,19). The summed E-state index contributed by atoms with van der Waals surface area (Å²) in [5, 5.41) is 14.8. The molecule has 7 heteroatoms. The van der Waals surface area contributed by atoms with Gasteiger partial charge in [0, 0.05) is 55.8 Å².